The summed E-state index contributed by atoms with van der Waals surface area (Å²) < 4.78 is 31.3. The van der Waals surface area contributed by atoms with Crippen LogP contribution in [0.2, 0.25) is 0 Å². The molecule has 0 N–H and O–H groups in total. The average molecular weight is 417 g/mol. The maximum Gasteiger partial charge on any atom is 0.164 e. The minimum Gasteiger partial charge on any atom is -0.496 e. The lowest BCUT2D eigenvalue weighted by Gasteiger charge is -2.11. The number of methoxy groups -OCH3 is 6. The van der Waals surface area contributed by atoms with Crippen molar-refractivity contribution in [3.8, 4) is 34.5 Å². The molecular formula is C24H32O6. The molecule has 0 atom stereocenters. The molecule has 0 saturated carbocycles. The second-order valence-corrected chi connectivity index (χ2v) is 5.90. The van der Waals surface area contributed by atoms with Gasteiger partial charge in [-0.15, -0.1) is 0 Å². The van der Waals surface area contributed by atoms with Crippen molar-refractivity contribution in [3.05, 3.63) is 47.5 Å². The van der Waals surface area contributed by atoms with Crippen molar-refractivity contribution in [1.29, 1.82) is 0 Å². The van der Waals surface area contributed by atoms with Gasteiger partial charge in [-0.25, -0.2) is 0 Å². The Bertz CT molecular complexity index is 784. The van der Waals surface area contributed by atoms with Gasteiger partial charge < -0.3 is 28.4 Å². The molecule has 0 spiro atoms. The van der Waals surface area contributed by atoms with Gasteiger partial charge in [0.15, 0.2) is 23.0 Å². The molecule has 0 saturated heterocycles. The molecule has 0 fully saturated rings. The SMILES string of the molecule is CC=Cc1cc(OC)c(OC)cc1OC.CC=Cc1cc(OC)c(OC)cc1OC. The van der Waals surface area contributed by atoms with E-state index in [1.165, 1.54) is 0 Å². The molecule has 0 aliphatic rings. The van der Waals surface area contributed by atoms with E-state index < -0.39 is 0 Å². The van der Waals surface area contributed by atoms with Crippen molar-refractivity contribution in [2.45, 2.75) is 13.8 Å². The van der Waals surface area contributed by atoms with E-state index in [0.717, 1.165) is 22.6 Å². The average Bonchev–Trinajstić information content (AvgIpc) is 2.79. The summed E-state index contributed by atoms with van der Waals surface area (Å²) in [4.78, 5) is 0. The van der Waals surface area contributed by atoms with E-state index >= 15 is 0 Å². The number of benzene rings is 2. The van der Waals surface area contributed by atoms with Crippen molar-refractivity contribution in [1.82, 2.24) is 0 Å². The molecule has 0 aliphatic carbocycles. The first kappa shape index (κ1) is 24.8. The number of hydrogen-bond donors (Lipinski definition) is 0. The lowest BCUT2D eigenvalue weighted by Crippen LogP contribution is -1.94. The van der Waals surface area contributed by atoms with Crippen LogP contribution < -0.4 is 28.4 Å². The van der Waals surface area contributed by atoms with Crippen LogP contribution in [-0.4, -0.2) is 42.7 Å². The van der Waals surface area contributed by atoms with Crippen molar-refractivity contribution in [2.75, 3.05) is 42.7 Å². The number of hydrogen-bond acceptors (Lipinski definition) is 6. The molecule has 0 amide bonds. The van der Waals surface area contributed by atoms with Crippen LogP contribution >= 0.6 is 0 Å². The fourth-order valence-corrected chi connectivity index (χ4v) is 2.73. The molecule has 2 aromatic rings. The molecule has 2 rings (SSSR count). The minimum atomic E-state index is 0.669. The normalized spacial score (nSPS) is 10.4. The molecule has 0 radical (unpaired) electrons. The first-order valence-corrected chi connectivity index (χ1v) is 9.38. The van der Waals surface area contributed by atoms with Crippen molar-refractivity contribution in [3.63, 3.8) is 0 Å². The van der Waals surface area contributed by atoms with Gasteiger partial charge in [0.1, 0.15) is 11.5 Å². The zero-order valence-electron chi connectivity index (χ0n) is 19.1. The third kappa shape index (κ3) is 6.37. The number of rotatable bonds is 8. The van der Waals surface area contributed by atoms with Crippen molar-refractivity contribution in [2.24, 2.45) is 0 Å². The second kappa shape index (κ2) is 13.0. The smallest absolute Gasteiger partial charge is 0.164 e. The Morgan fingerprint density at radius 1 is 0.433 bits per heavy atom. The zero-order valence-corrected chi connectivity index (χ0v) is 19.1. The third-order valence-corrected chi connectivity index (χ3v) is 4.16. The summed E-state index contributed by atoms with van der Waals surface area (Å²) in [5.74, 6) is 4.28. The van der Waals surface area contributed by atoms with Crippen LogP contribution in [0.3, 0.4) is 0 Å². The second-order valence-electron chi connectivity index (χ2n) is 5.90. The summed E-state index contributed by atoms with van der Waals surface area (Å²) in [5.41, 5.74) is 1.94. The molecular weight excluding hydrogens is 384 g/mol. The molecule has 6 heteroatoms. The molecule has 6 nitrogen and oxygen atoms in total. The highest BCUT2D eigenvalue weighted by Crippen LogP contribution is 2.36. The lowest BCUT2D eigenvalue weighted by molar-refractivity contribution is 0.348. The largest absolute Gasteiger partial charge is 0.496 e. The maximum atomic E-state index is 5.25. The Kier molecular flexibility index (Phi) is 10.8. The predicted molar refractivity (Wildman–Crippen MR) is 122 cm³/mol. The Morgan fingerprint density at radius 3 is 0.933 bits per heavy atom. The quantitative estimate of drug-likeness (QED) is 0.567. The van der Waals surface area contributed by atoms with Crippen LogP contribution in [0.1, 0.15) is 25.0 Å². The highest BCUT2D eigenvalue weighted by atomic mass is 16.5. The first-order valence-electron chi connectivity index (χ1n) is 9.38. The molecule has 0 aliphatic heterocycles. The van der Waals surface area contributed by atoms with Gasteiger partial charge in [0.25, 0.3) is 0 Å². The van der Waals surface area contributed by atoms with Gasteiger partial charge in [0, 0.05) is 23.3 Å². The zero-order chi connectivity index (χ0) is 22.5. The summed E-state index contributed by atoms with van der Waals surface area (Å²) in [7, 11) is 9.70. The van der Waals surface area contributed by atoms with Crippen molar-refractivity contribution < 1.29 is 28.4 Å². The van der Waals surface area contributed by atoms with E-state index in [9.17, 15) is 0 Å². The van der Waals surface area contributed by atoms with Crippen molar-refractivity contribution >= 4 is 12.2 Å². The lowest BCUT2D eigenvalue weighted by atomic mass is 10.1. The molecule has 0 heterocycles. The molecule has 30 heavy (non-hydrogen) atoms. The van der Waals surface area contributed by atoms with E-state index in [-0.39, 0.29) is 0 Å². The fraction of sp³-hybridized carbons (Fsp3) is 0.333. The van der Waals surface area contributed by atoms with E-state index in [4.69, 9.17) is 28.4 Å². The van der Waals surface area contributed by atoms with Gasteiger partial charge in [0.2, 0.25) is 0 Å². The van der Waals surface area contributed by atoms with Crippen LogP contribution in [0, 0.1) is 0 Å². The Balaban J connectivity index is 0.000000300. The Labute approximate surface area is 179 Å². The molecule has 0 aromatic heterocycles. The number of allylic oxidation sites excluding steroid dienone is 2. The summed E-state index contributed by atoms with van der Waals surface area (Å²) in [6, 6.07) is 7.40. The highest BCUT2D eigenvalue weighted by Gasteiger charge is 2.10. The summed E-state index contributed by atoms with van der Waals surface area (Å²) in [6.07, 6.45) is 7.81. The standard InChI is InChI=1S/2C12H16O3/c2*1-5-6-9-7-11(14-3)12(15-4)8-10(9)13-2/h2*5-8H,1-4H3. The number of ether oxygens (including phenoxy) is 6. The maximum absolute atomic E-state index is 5.25. The summed E-state index contributed by atoms with van der Waals surface area (Å²) in [5, 5.41) is 0. The Morgan fingerprint density at radius 2 is 0.700 bits per heavy atom. The van der Waals surface area contributed by atoms with E-state index in [0.29, 0.717) is 23.0 Å². The van der Waals surface area contributed by atoms with Crippen LogP contribution in [-0.2, 0) is 0 Å². The minimum absolute atomic E-state index is 0.669. The molecule has 0 unspecified atom stereocenters. The van der Waals surface area contributed by atoms with Gasteiger partial charge in [0.05, 0.1) is 42.7 Å². The van der Waals surface area contributed by atoms with Crippen LogP contribution in [0.4, 0.5) is 0 Å². The van der Waals surface area contributed by atoms with Gasteiger partial charge in [-0.3, -0.25) is 0 Å². The van der Waals surface area contributed by atoms with Gasteiger partial charge in [-0.05, 0) is 26.0 Å². The van der Waals surface area contributed by atoms with Gasteiger partial charge >= 0.3 is 0 Å². The summed E-state index contributed by atoms with van der Waals surface area (Å²) >= 11 is 0. The molecule has 0 bridgehead atoms. The van der Waals surface area contributed by atoms with E-state index in [1.807, 2.05) is 62.4 Å². The van der Waals surface area contributed by atoms with Crippen LogP contribution in [0.15, 0.2) is 36.4 Å². The van der Waals surface area contributed by atoms with Crippen LogP contribution in [0.5, 0.6) is 34.5 Å². The third-order valence-electron chi connectivity index (χ3n) is 4.16. The summed E-state index contributed by atoms with van der Waals surface area (Å²) in [6.45, 7) is 3.91. The first-order chi connectivity index (χ1) is 14.5. The monoisotopic (exact) mass is 416 g/mol. The highest BCUT2D eigenvalue weighted by molar-refractivity contribution is 5.64. The predicted octanol–water partition coefficient (Wildman–Crippen LogP) is 5.49. The van der Waals surface area contributed by atoms with E-state index in [2.05, 4.69) is 0 Å². The fourth-order valence-electron chi connectivity index (χ4n) is 2.73. The van der Waals surface area contributed by atoms with E-state index in [1.54, 1.807) is 42.7 Å². The van der Waals surface area contributed by atoms with Gasteiger partial charge in [-0.2, -0.15) is 0 Å². The van der Waals surface area contributed by atoms with Crippen LogP contribution in [0.25, 0.3) is 12.2 Å². The van der Waals surface area contributed by atoms with Gasteiger partial charge in [-0.1, -0.05) is 24.3 Å². The Hall–Kier alpha value is -3.28. The molecule has 2 aromatic carbocycles. The topological polar surface area (TPSA) is 55.4 Å². The molecule has 164 valence electrons.